The molecular weight excluding hydrogens is 372 g/mol. The van der Waals surface area contributed by atoms with Crippen LogP contribution in [0.15, 0.2) is 42.5 Å². The monoisotopic (exact) mass is 396 g/mol. The molecule has 0 radical (unpaired) electrons. The Bertz CT molecular complexity index is 977. The van der Waals surface area contributed by atoms with Gasteiger partial charge in [-0.1, -0.05) is 35.6 Å². The van der Waals surface area contributed by atoms with Gasteiger partial charge in [-0.25, -0.2) is 4.98 Å². The van der Waals surface area contributed by atoms with E-state index in [-0.39, 0.29) is 12.0 Å². The molecule has 146 valence electrons. The molecule has 28 heavy (non-hydrogen) atoms. The molecule has 1 aliphatic heterocycles. The highest BCUT2D eigenvalue weighted by Crippen LogP contribution is 2.31. The lowest BCUT2D eigenvalue weighted by atomic mass is 10.1. The zero-order valence-corrected chi connectivity index (χ0v) is 17.0. The van der Waals surface area contributed by atoms with E-state index in [0.29, 0.717) is 6.42 Å². The number of methoxy groups -OCH3 is 1. The maximum absolute atomic E-state index is 12.6. The summed E-state index contributed by atoms with van der Waals surface area (Å²) in [5, 5.41) is 0.727. The Hall–Kier alpha value is -2.60. The highest BCUT2D eigenvalue weighted by molar-refractivity contribution is 7.20. The van der Waals surface area contributed by atoms with Crippen LogP contribution >= 0.6 is 11.3 Å². The number of aryl methyl sites for hydroxylation is 1. The van der Waals surface area contributed by atoms with E-state index in [4.69, 9.17) is 9.47 Å². The Kier molecular flexibility index (Phi) is 5.48. The summed E-state index contributed by atoms with van der Waals surface area (Å²) in [6.07, 6.45) is 2.18. The fourth-order valence-corrected chi connectivity index (χ4v) is 4.51. The van der Waals surface area contributed by atoms with Gasteiger partial charge in [0, 0.05) is 25.9 Å². The Morgan fingerprint density at radius 2 is 2.00 bits per heavy atom. The maximum Gasteiger partial charge on any atom is 0.274 e. The average molecular weight is 397 g/mol. The molecule has 2 aromatic carbocycles. The van der Waals surface area contributed by atoms with Crippen LogP contribution in [0.4, 0.5) is 0 Å². The van der Waals surface area contributed by atoms with Crippen molar-refractivity contribution >= 4 is 27.5 Å². The van der Waals surface area contributed by atoms with Gasteiger partial charge in [-0.05, 0) is 36.2 Å². The van der Waals surface area contributed by atoms with Gasteiger partial charge >= 0.3 is 0 Å². The standard InChI is InChI=1S/C22H24N2O3S/c1-15-5-3-8-19-21(15)23-22(28-19)27-17-9-11-24(12-10-17)20(25)14-16-6-4-7-18(13-16)26-2/h3-8,13,17H,9-12,14H2,1-2H3. The van der Waals surface area contributed by atoms with Crippen LogP contribution in [0.5, 0.6) is 10.9 Å². The summed E-state index contributed by atoms with van der Waals surface area (Å²) in [5.41, 5.74) is 3.17. The zero-order valence-electron chi connectivity index (χ0n) is 16.2. The third-order valence-corrected chi connectivity index (χ3v) is 6.06. The summed E-state index contributed by atoms with van der Waals surface area (Å²) in [7, 11) is 1.64. The van der Waals surface area contributed by atoms with Crippen molar-refractivity contribution in [2.24, 2.45) is 0 Å². The second kappa shape index (κ2) is 8.19. The van der Waals surface area contributed by atoms with Gasteiger partial charge in [0.1, 0.15) is 11.9 Å². The van der Waals surface area contributed by atoms with Crippen LogP contribution < -0.4 is 9.47 Å². The number of hydrogen-bond donors (Lipinski definition) is 0. The summed E-state index contributed by atoms with van der Waals surface area (Å²) < 4.78 is 12.5. The van der Waals surface area contributed by atoms with Crippen LogP contribution in [-0.4, -0.2) is 42.1 Å². The number of likely N-dealkylation sites (tertiary alicyclic amines) is 1. The van der Waals surface area contributed by atoms with Crippen molar-refractivity contribution in [2.45, 2.75) is 32.3 Å². The van der Waals surface area contributed by atoms with Gasteiger partial charge in [0.05, 0.1) is 23.7 Å². The summed E-state index contributed by atoms with van der Waals surface area (Å²) >= 11 is 1.59. The predicted octanol–water partition coefficient (Wildman–Crippen LogP) is 4.23. The van der Waals surface area contributed by atoms with Crippen molar-refractivity contribution in [2.75, 3.05) is 20.2 Å². The van der Waals surface area contributed by atoms with E-state index < -0.39 is 0 Å². The largest absolute Gasteiger partial charge is 0.497 e. The normalized spacial score (nSPS) is 15.0. The molecule has 0 atom stereocenters. The number of rotatable bonds is 5. The molecule has 0 unspecified atom stereocenters. The second-order valence-electron chi connectivity index (χ2n) is 7.13. The van der Waals surface area contributed by atoms with Gasteiger partial charge in [0.15, 0.2) is 0 Å². The van der Waals surface area contributed by atoms with Crippen LogP contribution in [0.25, 0.3) is 10.2 Å². The van der Waals surface area contributed by atoms with E-state index >= 15 is 0 Å². The summed E-state index contributed by atoms with van der Waals surface area (Å²) in [5.74, 6) is 0.936. The molecule has 0 N–H and O–H groups in total. The van der Waals surface area contributed by atoms with Crippen LogP contribution in [-0.2, 0) is 11.2 Å². The molecule has 0 saturated carbocycles. The number of thiazole rings is 1. The molecule has 0 spiro atoms. The minimum absolute atomic E-state index is 0.113. The fourth-order valence-electron chi connectivity index (χ4n) is 3.55. The first-order chi connectivity index (χ1) is 13.6. The first kappa shape index (κ1) is 18.7. The van der Waals surface area contributed by atoms with Gasteiger partial charge in [0.25, 0.3) is 5.19 Å². The molecule has 1 aliphatic rings. The third-order valence-electron chi connectivity index (χ3n) is 5.15. The smallest absolute Gasteiger partial charge is 0.274 e. The predicted molar refractivity (Wildman–Crippen MR) is 111 cm³/mol. The van der Waals surface area contributed by atoms with Crippen LogP contribution in [0.3, 0.4) is 0 Å². The Morgan fingerprint density at radius 1 is 1.21 bits per heavy atom. The number of nitrogens with zero attached hydrogens (tertiary/aromatic N) is 2. The Balaban J connectivity index is 1.32. The first-order valence-corrected chi connectivity index (χ1v) is 10.4. The van der Waals surface area contributed by atoms with Crippen molar-refractivity contribution in [3.8, 4) is 10.9 Å². The van der Waals surface area contributed by atoms with E-state index in [1.165, 1.54) is 5.56 Å². The molecule has 1 aromatic heterocycles. The number of fused-ring (bicyclic) bond motifs is 1. The zero-order chi connectivity index (χ0) is 19.5. The molecular formula is C22H24N2O3S. The lowest BCUT2D eigenvalue weighted by Crippen LogP contribution is -2.42. The number of carbonyl (C=O) groups excluding carboxylic acids is 1. The molecule has 0 bridgehead atoms. The number of hydrogen-bond acceptors (Lipinski definition) is 5. The number of carbonyl (C=O) groups is 1. The summed E-state index contributed by atoms with van der Waals surface area (Å²) in [4.78, 5) is 19.2. The SMILES string of the molecule is COc1cccc(CC(=O)N2CCC(Oc3nc4c(C)cccc4s3)CC2)c1. The van der Waals surface area contributed by atoms with Crippen LogP contribution in [0.2, 0.25) is 0 Å². The van der Waals surface area contributed by atoms with Gasteiger partial charge in [-0.2, -0.15) is 0 Å². The van der Waals surface area contributed by atoms with E-state index in [1.807, 2.05) is 35.2 Å². The van der Waals surface area contributed by atoms with Crippen molar-refractivity contribution in [3.05, 3.63) is 53.6 Å². The first-order valence-electron chi connectivity index (χ1n) is 9.56. The van der Waals surface area contributed by atoms with E-state index in [2.05, 4.69) is 24.0 Å². The second-order valence-corrected chi connectivity index (χ2v) is 8.12. The lowest BCUT2D eigenvalue weighted by molar-refractivity contribution is -0.132. The molecule has 2 heterocycles. The summed E-state index contributed by atoms with van der Waals surface area (Å²) in [6.45, 7) is 3.51. The van der Waals surface area contributed by atoms with Gasteiger partial charge < -0.3 is 14.4 Å². The highest BCUT2D eigenvalue weighted by atomic mass is 32.1. The van der Waals surface area contributed by atoms with E-state index in [1.54, 1.807) is 18.4 Å². The minimum Gasteiger partial charge on any atom is -0.497 e. The minimum atomic E-state index is 0.113. The third kappa shape index (κ3) is 4.12. The number of piperidine rings is 1. The molecule has 1 fully saturated rings. The number of ether oxygens (including phenoxy) is 2. The quantitative estimate of drug-likeness (QED) is 0.648. The Labute approximate surface area is 168 Å². The molecule has 0 aliphatic carbocycles. The average Bonchev–Trinajstić information content (AvgIpc) is 3.12. The molecule has 6 heteroatoms. The maximum atomic E-state index is 12.6. The number of benzene rings is 2. The van der Waals surface area contributed by atoms with Gasteiger partial charge in [-0.15, -0.1) is 0 Å². The van der Waals surface area contributed by atoms with E-state index in [0.717, 1.165) is 52.7 Å². The van der Waals surface area contributed by atoms with Crippen molar-refractivity contribution in [1.29, 1.82) is 0 Å². The topological polar surface area (TPSA) is 51.7 Å². The number of aromatic nitrogens is 1. The molecule has 4 rings (SSSR count). The number of para-hydroxylation sites is 1. The Morgan fingerprint density at radius 3 is 2.75 bits per heavy atom. The van der Waals surface area contributed by atoms with Crippen molar-refractivity contribution in [1.82, 2.24) is 9.88 Å². The van der Waals surface area contributed by atoms with Gasteiger partial charge in [0.2, 0.25) is 5.91 Å². The fraction of sp³-hybridized carbons (Fsp3) is 0.364. The molecule has 3 aromatic rings. The van der Waals surface area contributed by atoms with E-state index in [9.17, 15) is 4.79 Å². The lowest BCUT2D eigenvalue weighted by Gasteiger charge is -2.31. The molecule has 5 nitrogen and oxygen atoms in total. The number of amides is 1. The molecule has 1 amide bonds. The van der Waals surface area contributed by atoms with Gasteiger partial charge in [-0.3, -0.25) is 4.79 Å². The highest BCUT2D eigenvalue weighted by Gasteiger charge is 2.25. The summed E-state index contributed by atoms with van der Waals surface area (Å²) in [6, 6.07) is 13.9. The van der Waals surface area contributed by atoms with Crippen LogP contribution in [0.1, 0.15) is 24.0 Å². The van der Waals surface area contributed by atoms with Crippen LogP contribution in [0, 0.1) is 6.92 Å². The van der Waals surface area contributed by atoms with Crippen molar-refractivity contribution in [3.63, 3.8) is 0 Å². The van der Waals surface area contributed by atoms with Crippen molar-refractivity contribution < 1.29 is 14.3 Å². The molecule has 1 saturated heterocycles.